The Balaban J connectivity index is 2.36. The van der Waals surface area contributed by atoms with Gasteiger partial charge < -0.3 is 10.1 Å². The molecule has 27 heavy (non-hydrogen) atoms. The van der Waals surface area contributed by atoms with Crippen LogP contribution in [0.5, 0.6) is 0 Å². The van der Waals surface area contributed by atoms with E-state index in [0.29, 0.717) is 12.8 Å². The molecule has 1 unspecified atom stereocenters. The van der Waals surface area contributed by atoms with Gasteiger partial charge in [0.1, 0.15) is 11.7 Å². The summed E-state index contributed by atoms with van der Waals surface area (Å²) >= 11 is 0. The Hall–Kier alpha value is -2.65. The number of imide groups is 1. The largest absolute Gasteiger partial charge is 0.467 e. The van der Waals surface area contributed by atoms with Crippen molar-refractivity contribution >= 4 is 34.8 Å². The lowest BCUT2D eigenvalue weighted by atomic mass is 10.0. The first-order valence-corrected chi connectivity index (χ1v) is 8.76. The number of hydrogen-bond donors (Lipinski definition) is 3. The molecule has 1 atom stereocenters. The summed E-state index contributed by atoms with van der Waals surface area (Å²) in [5.74, 6) is -0.977. The predicted octanol–water partition coefficient (Wildman–Crippen LogP) is 2.31. The average Bonchev–Trinajstić information content (AvgIpc) is 2.60. The smallest absolute Gasteiger partial charge is 0.328 e. The van der Waals surface area contributed by atoms with Crippen LogP contribution in [0.1, 0.15) is 39.5 Å². The van der Waals surface area contributed by atoms with Crippen LogP contribution in [0, 0.1) is 5.92 Å². The number of carbonyl (C=O) groups excluding carboxylic acids is 3. The Bertz CT molecular complexity index is 703. The fourth-order valence-electron chi connectivity index (χ4n) is 3.00. The molecule has 0 aromatic heterocycles. The van der Waals surface area contributed by atoms with Crippen LogP contribution in [0.25, 0.3) is 0 Å². The summed E-state index contributed by atoms with van der Waals surface area (Å²) in [6.07, 6.45) is 1.47. The van der Waals surface area contributed by atoms with Gasteiger partial charge in [-0.1, -0.05) is 13.8 Å². The van der Waals surface area contributed by atoms with Crippen molar-refractivity contribution in [3.63, 3.8) is 0 Å². The molecule has 3 N–H and O–H groups in total. The van der Waals surface area contributed by atoms with Crippen molar-refractivity contribution in [2.45, 2.75) is 45.6 Å². The summed E-state index contributed by atoms with van der Waals surface area (Å²) in [6.45, 7) is 3.89. The van der Waals surface area contributed by atoms with Crippen LogP contribution >= 0.6 is 0 Å². The molecule has 0 saturated carbocycles. The van der Waals surface area contributed by atoms with E-state index in [4.69, 9.17) is 4.74 Å². The molecule has 1 aromatic rings. The van der Waals surface area contributed by atoms with E-state index in [1.54, 1.807) is 0 Å². The van der Waals surface area contributed by atoms with Crippen molar-refractivity contribution in [3.05, 3.63) is 18.2 Å². The highest BCUT2D eigenvalue weighted by Gasteiger charge is 2.29. The Labute approximate surface area is 157 Å². The molecule has 148 valence electrons. The Morgan fingerprint density at radius 3 is 2.41 bits per heavy atom. The maximum atomic E-state index is 12.1. The first-order valence-electron chi connectivity index (χ1n) is 8.76. The van der Waals surface area contributed by atoms with Gasteiger partial charge in [0.05, 0.1) is 18.5 Å². The van der Waals surface area contributed by atoms with Crippen molar-refractivity contribution in [2.75, 3.05) is 22.6 Å². The molecule has 1 aromatic carbocycles. The third-order valence-electron chi connectivity index (χ3n) is 4.26. The molecular weight excluding hydrogens is 354 g/mol. The third kappa shape index (κ3) is 4.95. The number of rotatable bonds is 7. The Morgan fingerprint density at radius 2 is 1.89 bits per heavy atom. The quantitative estimate of drug-likeness (QED) is 0.375. The van der Waals surface area contributed by atoms with Crippen LogP contribution in [0.2, 0.25) is 0 Å². The Kier molecular flexibility index (Phi) is 6.75. The normalized spacial score (nSPS) is 15.7. The topological polar surface area (TPSA) is 119 Å². The molecule has 0 bridgehead atoms. The Morgan fingerprint density at radius 1 is 1.26 bits per heavy atom. The number of benzene rings is 1. The van der Waals surface area contributed by atoms with Gasteiger partial charge in [-0.15, -0.1) is 5.23 Å². The summed E-state index contributed by atoms with van der Waals surface area (Å²) < 4.78 is 4.80. The molecule has 0 radical (unpaired) electrons. The number of methoxy groups -OCH3 is 1. The van der Waals surface area contributed by atoms with E-state index in [0.717, 1.165) is 4.90 Å². The lowest BCUT2D eigenvalue weighted by molar-refractivity contribution is -0.142. The molecule has 0 aliphatic carbocycles. The van der Waals surface area contributed by atoms with E-state index < -0.39 is 12.0 Å². The number of anilines is 3. The van der Waals surface area contributed by atoms with E-state index in [1.165, 1.54) is 25.3 Å². The fraction of sp³-hybridized carbons (Fsp3) is 0.500. The van der Waals surface area contributed by atoms with Crippen molar-refractivity contribution in [1.29, 1.82) is 0 Å². The van der Waals surface area contributed by atoms with Gasteiger partial charge in [-0.05, 0) is 37.0 Å². The summed E-state index contributed by atoms with van der Waals surface area (Å²) in [5, 5.41) is 22.0. The zero-order chi connectivity index (χ0) is 20.1. The molecule has 9 nitrogen and oxygen atoms in total. The number of esters is 1. The van der Waals surface area contributed by atoms with Crippen LogP contribution < -0.4 is 15.4 Å². The standard InChI is InChI=1S/C18H25N3O6/c1-11(2)9-14(18(24)27-3)19-13-8-7-12(10-15(13)21(25)26)20-16(22)5-4-6-17(20)23/h7-8,10-11,14,19,25-26H,4-6,9H2,1-3H3. The molecule has 1 aliphatic heterocycles. The van der Waals surface area contributed by atoms with Crippen molar-refractivity contribution in [3.8, 4) is 0 Å². The molecule has 0 spiro atoms. The minimum atomic E-state index is -0.696. The molecule has 2 amide bonds. The molecule has 1 saturated heterocycles. The average molecular weight is 379 g/mol. The van der Waals surface area contributed by atoms with Crippen molar-refractivity contribution in [1.82, 2.24) is 0 Å². The van der Waals surface area contributed by atoms with Crippen LogP contribution in [0.4, 0.5) is 17.1 Å². The van der Waals surface area contributed by atoms with Gasteiger partial charge in [-0.3, -0.25) is 24.9 Å². The number of hydrogen-bond acceptors (Lipinski definition) is 8. The fourth-order valence-corrected chi connectivity index (χ4v) is 3.00. The predicted molar refractivity (Wildman–Crippen MR) is 97.7 cm³/mol. The number of amides is 2. The van der Waals surface area contributed by atoms with E-state index in [9.17, 15) is 24.8 Å². The maximum absolute atomic E-state index is 12.1. The van der Waals surface area contributed by atoms with Gasteiger partial charge in [0.15, 0.2) is 0 Å². The summed E-state index contributed by atoms with van der Waals surface area (Å²) in [6, 6.07) is 3.60. The second-order valence-corrected chi connectivity index (χ2v) is 6.82. The van der Waals surface area contributed by atoms with Crippen LogP contribution in [-0.4, -0.2) is 41.3 Å². The zero-order valence-corrected chi connectivity index (χ0v) is 15.6. The maximum Gasteiger partial charge on any atom is 0.328 e. The van der Waals surface area contributed by atoms with Gasteiger partial charge in [-0.2, -0.15) is 0 Å². The SMILES string of the molecule is COC(=O)C(CC(C)C)Nc1ccc(N2C(=O)CCCC2=O)cc1N(O)O. The molecule has 2 rings (SSSR count). The number of carbonyl (C=O) groups is 3. The van der Waals surface area contributed by atoms with Crippen LogP contribution in [0.3, 0.4) is 0 Å². The van der Waals surface area contributed by atoms with E-state index >= 15 is 0 Å². The van der Waals surface area contributed by atoms with Gasteiger partial charge in [-0.25, -0.2) is 4.79 Å². The third-order valence-corrected chi connectivity index (χ3v) is 4.26. The summed E-state index contributed by atoms with van der Waals surface area (Å²) in [5.41, 5.74) is 0.380. The molecular formula is C18H25N3O6. The van der Waals surface area contributed by atoms with Gasteiger partial charge in [0.25, 0.3) is 0 Å². The molecule has 1 heterocycles. The lowest BCUT2D eigenvalue weighted by Gasteiger charge is -2.27. The molecule has 9 heteroatoms. The van der Waals surface area contributed by atoms with E-state index in [2.05, 4.69) is 5.32 Å². The van der Waals surface area contributed by atoms with E-state index in [-0.39, 0.29) is 52.9 Å². The van der Waals surface area contributed by atoms with Crippen molar-refractivity contribution in [2.24, 2.45) is 5.92 Å². The summed E-state index contributed by atoms with van der Waals surface area (Å²) in [4.78, 5) is 37.2. The number of nitrogens with zero attached hydrogens (tertiary/aromatic N) is 2. The summed E-state index contributed by atoms with van der Waals surface area (Å²) in [7, 11) is 1.28. The monoisotopic (exact) mass is 379 g/mol. The highest BCUT2D eigenvalue weighted by molar-refractivity contribution is 6.16. The van der Waals surface area contributed by atoms with Crippen molar-refractivity contribution < 1.29 is 29.5 Å². The number of piperidine rings is 1. The first kappa shape index (κ1) is 20.7. The highest BCUT2D eigenvalue weighted by Crippen LogP contribution is 2.32. The zero-order valence-electron chi connectivity index (χ0n) is 15.6. The minimum Gasteiger partial charge on any atom is -0.467 e. The first-order chi connectivity index (χ1) is 12.7. The number of nitrogens with one attached hydrogen (secondary N) is 1. The van der Waals surface area contributed by atoms with Crippen LogP contribution in [-0.2, 0) is 19.1 Å². The van der Waals surface area contributed by atoms with Crippen LogP contribution in [0.15, 0.2) is 18.2 Å². The highest BCUT2D eigenvalue weighted by atomic mass is 16.8. The lowest BCUT2D eigenvalue weighted by Crippen LogP contribution is -2.40. The van der Waals surface area contributed by atoms with E-state index in [1.807, 2.05) is 13.8 Å². The second kappa shape index (κ2) is 8.83. The second-order valence-electron chi connectivity index (χ2n) is 6.82. The van der Waals surface area contributed by atoms with Gasteiger partial charge >= 0.3 is 5.97 Å². The molecule has 1 aliphatic rings. The minimum absolute atomic E-state index is 0.101. The van der Waals surface area contributed by atoms with Gasteiger partial charge in [0, 0.05) is 12.8 Å². The number of ether oxygens (including phenoxy) is 1. The molecule has 1 fully saturated rings. The van der Waals surface area contributed by atoms with Gasteiger partial charge in [0.2, 0.25) is 11.8 Å².